The molecule has 0 saturated carbocycles. The highest BCUT2D eigenvalue weighted by atomic mass is 32.1. The van der Waals surface area contributed by atoms with Crippen molar-refractivity contribution < 1.29 is 14.3 Å². The van der Waals surface area contributed by atoms with Gasteiger partial charge in [-0.15, -0.1) is 0 Å². The molecule has 148 valence electrons. The van der Waals surface area contributed by atoms with Crippen molar-refractivity contribution in [3.63, 3.8) is 0 Å². The van der Waals surface area contributed by atoms with Gasteiger partial charge in [0.2, 0.25) is 0 Å². The van der Waals surface area contributed by atoms with Crippen LogP contribution in [0.1, 0.15) is 20.9 Å². The molecule has 4 rings (SSSR count). The lowest BCUT2D eigenvalue weighted by Gasteiger charge is -2.06. The molecule has 1 N–H and O–H groups in total. The van der Waals surface area contributed by atoms with Crippen molar-refractivity contribution >= 4 is 22.2 Å². The van der Waals surface area contributed by atoms with Crippen LogP contribution in [0.25, 0.3) is 16.2 Å². The molecule has 0 aliphatic heterocycles. The number of hydrogen-bond donors (Lipinski definition) is 1. The van der Waals surface area contributed by atoms with Gasteiger partial charge in [0.15, 0.2) is 4.96 Å². The quantitative estimate of drug-likeness (QED) is 0.517. The van der Waals surface area contributed by atoms with E-state index in [1.165, 1.54) is 11.3 Å². The zero-order valence-corrected chi connectivity index (χ0v) is 17.2. The predicted octanol–water partition coefficient (Wildman–Crippen LogP) is 4.32. The lowest BCUT2D eigenvalue weighted by atomic mass is 10.2. The summed E-state index contributed by atoms with van der Waals surface area (Å²) in [5.41, 5.74) is 3.77. The first-order chi connectivity index (χ1) is 14.1. The number of carbonyl (C=O) groups excluding carboxylic acids is 1. The van der Waals surface area contributed by atoms with Crippen molar-refractivity contribution in [1.29, 1.82) is 0 Å². The number of aromatic nitrogens is 2. The van der Waals surface area contributed by atoms with E-state index >= 15 is 0 Å². The van der Waals surface area contributed by atoms with E-state index in [1.54, 1.807) is 14.2 Å². The summed E-state index contributed by atoms with van der Waals surface area (Å²) in [6, 6.07) is 15.4. The van der Waals surface area contributed by atoms with Gasteiger partial charge in [-0.2, -0.15) is 0 Å². The van der Waals surface area contributed by atoms with Crippen molar-refractivity contribution in [2.75, 3.05) is 14.2 Å². The van der Waals surface area contributed by atoms with Crippen molar-refractivity contribution in [2.45, 2.75) is 13.5 Å². The summed E-state index contributed by atoms with van der Waals surface area (Å²) in [4.78, 5) is 18.8. The lowest BCUT2D eigenvalue weighted by Crippen LogP contribution is -2.22. The third-order valence-electron chi connectivity index (χ3n) is 4.76. The fourth-order valence-corrected chi connectivity index (χ4v) is 4.09. The molecule has 0 aliphatic rings. The van der Waals surface area contributed by atoms with Crippen molar-refractivity contribution in [3.05, 3.63) is 70.9 Å². The molecular weight excluding hydrogens is 386 g/mol. The molecule has 0 bridgehead atoms. The number of imidazole rings is 1. The van der Waals surface area contributed by atoms with Crippen molar-refractivity contribution in [1.82, 2.24) is 14.7 Å². The Morgan fingerprint density at radius 1 is 1.03 bits per heavy atom. The number of aryl methyl sites for hydroxylation is 1. The molecule has 29 heavy (non-hydrogen) atoms. The average Bonchev–Trinajstić information content (AvgIpc) is 3.32. The Labute approximate surface area is 172 Å². The second-order valence-electron chi connectivity index (χ2n) is 6.55. The Morgan fingerprint density at radius 2 is 1.66 bits per heavy atom. The van der Waals surface area contributed by atoms with Gasteiger partial charge in [0.25, 0.3) is 5.91 Å². The third kappa shape index (κ3) is 3.82. The van der Waals surface area contributed by atoms with Crippen LogP contribution in [0.3, 0.4) is 0 Å². The van der Waals surface area contributed by atoms with Crippen LogP contribution in [0, 0.1) is 6.92 Å². The molecule has 2 aromatic carbocycles. The molecule has 1 amide bonds. The molecule has 0 spiro atoms. The zero-order valence-electron chi connectivity index (χ0n) is 16.4. The highest BCUT2D eigenvalue weighted by molar-refractivity contribution is 7.19. The summed E-state index contributed by atoms with van der Waals surface area (Å²) < 4.78 is 12.3. The van der Waals surface area contributed by atoms with Gasteiger partial charge in [-0.05, 0) is 48.9 Å². The number of carbonyl (C=O) groups is 1. The molecule has 0 fully saturated rings. The Morgan fingerprint density at radius 3 is 2.24 bits per heavy atom. The fraction of sp³-hybridized carbons (Fsp3) is 0.182. The van der Waals surface area contributed by atoms with E-state index in [2.05, 4.69) is 10.3 Å². The van der Waals surface area contributed by atoms with E-state index in [1.807, 2.05) is 66.1 Å². The topological polar surface area (TPSA) is 64.9 Å². The Kier molecular flexibility index (Phi) is 5.22. The maximum absolute atomic E-state index is 12.7. The monoisotopic (exact) mass is 407 g/mol. The highest BCUT2D eigenvalue weighted by Gasteiger charge is 2.18. The normalized spacial score (nSPS) is 10.9. The Hall–Kier alpha value is -3.32. The lowest BCUT2D eigenvalue weighted by molar-refractivity contribution is 0.0954. The van der Waals surface area contributed by atoms with Crippen LogP contribution >= 0.6 is 11.3 Å². The van der Waals surface area contributed by atoms with Gasteiger partial charge in [-0.1, -0.05) is 23.5 Å². The number of benzene rings is 2. The van der Waals surface area contributed by atoms with E-state index in [0.29, 0.717) is 11.4 Å². The first-order valence-corrected chi connectivity index (χ1v) is 9.94. The smallest absolute Gasteiger partial charge is 0.263 e. The summed E-state index contributed by atoms with van der Waals surface area (Å²) in [5.74, 6) is 1.50. The summed E-state index contributed by atoms with van der Waals surface area (Å²) in [6.07, 6.45) is 1.96. The van der Waals surface area contributed by atoms with Gasteiger partial charge in [0, 0.05) is 24.0 Å². The second kappa shape index (κ2) is 7.97. The molecular formula is C22H21N3O3S. The van der Waals surface area contributed by atoms with E-state index in [4.69, 9.17) is 9.47 Å². The minimum absolute atomic E-state index is 0.0974. The van der Waals surface area contributed by atoms with E-state index in [0.717, 1.165) is 39.0 Å². The first kappa shape index (κ1) is 19.0. The number of nitrogens with one attached hydrogen (secondary N) is 1. The van der Waals surface area contributed by atoms with Crippen LogP contribution in [0.5, 0.6) is 11.5 Å². The van der Waals surface area contributed by atoms with Crippen molar-refractivity contribution in [3.8, 4) is 22.8 Å². The number of nitrogens with zero attached hydrogens (tertiary/aromatic N) is 2. The number of hydrogen-bond acceptors (Lipinski definition) is 5. The molecule has 0 atom stereocenters. The van der Waals surface area contributed by atoms with Crippen LogP contribution in [0.2, 0.25) is 0 Å². The van der Waals surface area contributed by atoms with Crippen LogP contribution in [0.4, 0.5) is 0 Å². The van der Waals surface area contributed by atoms with Gasteiger partial charge >= 0.3 is 0 Å². The van der Waals surface area contributed by atoms with Crippen LogP contribution in [-0.4, -0.2) is 29.5 Å². The van der Waals surface area contributed by atoms with Gasteiger partial charge in [0.05, 0.1) is 19.9 Å². The highest BCUT2D eigenvalue weighted by Crippen LogP contribution is 2.28. The maximum Gasteiger partial charge on any atom is 0.263 e. The number of methoxy groups -OCH3 is 2. The predicted molar refractivity (Wildman–Crippen MR) is 114 cm³/mol. The average molecular weight is 407 g/mol. The summed E-state index contributed by atoms with van der Waals surface area (Å²) in [5, 5.41) is 2.98. The zero-order chi connectivity index (χ0) is 20.4. The Bertz CT molecular complexity index is 1140. The van der Waals surface area contributed by atoms with E-state index < -0.39 is 0 Å². The molecule has 2 aromatic heterocycles. The maximum atomic E-state index is 12.7. The van der Waals surface area contributed by atoms with Gasteiger partial charge < -0.3 is 14.8 Å². The SMILES string of the molecule is COc1ccc(CNC(=O)c2sc3nc(-c4ccc(OC)cc4)cn3c2C)cc1. The van der Waals surface area contributed by atoms with Gasteiger partial charge in [-0.25, -0.2) is 4.98 Å². The number of fused-ring (bicyclic) bond motifs is 1. The number of rotatable bonds is 6. The molecule has 6 nitrogen and oxygen atoms in total. The van der Waals surface area contributed by atoms with Gasteiger partial charge in [0.1, 0.15) is 16.4 Å². The van der Waals surface area contributed by atoms with E-state index in [-0.39, 0.29) is 5.91 Å². The fourth-order valence-electron chi connectivity index (χ4n) is 3.07. The first-order valence-electron chi connectivity index (χ1n) is 9.13. The summed E-state index contributed by atoms with van der Waals surface area (Å²) in [7, 11) is 3.28. The standard InChI is InChI=1S/C22H21N3O3S/c1-14-20(21(26)23-12-15-4-8-17(27-2)9-5-15)29-22-24-19(13-25(14)22)16-6-10-18(28-3)11-7-16/h4-11,13H,12H2,1-3H3,(H,23,26). The molecule has 0 saturated heterocycles. The Balaban J connectivity index is 1.50. The minimum Gasteiger partial charge on any atom is -0.497 e. The van der Waals surface area contributed by atoms with Crippen LogP contribution in [0.15, 0.2) is 54.7 Å². The summed E-state index contributed by atoms with van der Waals surface area (Å²) in [6.45, 7) is 2.39. The van der Waals surface area contributed by atoms with E-state index in [9.17, 15) is 4.79 Å². The number of thiazole rings is 1. The molecule has 0 aliphatic carbocycles. The number of amides is 1. The van der Waals surface area contributed by atoms with Crippen LogP contribution in [-0.2, 0) is 6.54 Å². The second-order valence-corrected chi connectivity index (χ2v) is 7.53. The molecule has 7 heteroatoms. The van der Waals surface area contributed by atoms with Crippen molar-refractivity contribution in [2.24, 2.45) is 0 Å². The van der Waals surface area contributed by atoms with Gasteiger partial charge in [-0.3, -0.25) is 9.20 Å². The summed E-state index contributed by atoms with van der Waals surface area (Å²) >= 11 is 1.39. The number of ether oxygens (including phenoxy) is 2. The molecule has 0 unspecified atom stereocenters. The molecule has 2 heterocycles. The molecule has 4 aromatic rings. The van der Waals surface area contributed by atoms with Crippen LogP contribution < -0.4 is 14.8 Å². The largest absolute Gasteiger partial charge is 0.497 e. The molecule has 0 radical (unpaired) electrons. The third-order valence-corrected chi connectivity index (χ3v) is 5.92. The minimum atomic E-state index is -0.0974.